The molecule has 0 aliphatic rings. The molecule has 1 aromatic carbocycles. The Hall–Kier alpha value is -1.50. The molecule has 1 nitrogen and oxygen atoms in total. The van der Waals surface area contributed by atoms with Crippen LogP contribution < -0.4 is 4.74 Å². The highest BCUT2D eigenvalue weighted by atomic mass is 16.5. The topological polar surface area (TPSA) is 9.23 Å². The quantitative estimate of drug-likeness (QED) is 0.676. The smallest absolute Gasteiger partial charge is 0.127 e. The maximum Gasteiger partial charge on any atom is 0.127 e. The highest BCUT2D eigenvalue weighted by Crippen LogP contribution is 2.28. The molecule has 0 heterocycles. The molecule has 0 aromatic heterocycles. The maximum atomic E-state index is 5.70. The van der Waals surface area contributed by atoms with Gasteiger partial charge in [0.25, 0.3) is 0 Å². The predicted molar refractivity (Wildman–Crippen MR) is 80.9 cm³/mol. The molecule has 0 fully saturated rings. The lowest BCUT2D eigenvalue weighted by Crippen LogP contribution is -1.97. The Morgan fingerprint density at radius 1 is 1.28 bits per heavy atom. The molecule has 1 heteroatoms. The summed E-state index contributed by atoms with van der Waals surface area (Å²) in [6.45, 7) is 13.1. The third-order valence-corrected chi connectivity index (χ3v) is 3.20. The zero-order valence-corrected chi connectivity index (χ0v) is 12.0. The van der Waals surface area contributed by atoms with E-state index in [0.717, 1.165) is 17.7 Å². The zero-order chi connectivity index (χ0) is 13.5. The Morgan fingerprint density at radius 2 is 2.00 bits per heavy atom. The van der Waals surface area contributed by atoms with Gasteiger partial charge in [-0.25, -0.2) is 0 Å². The van der Waals surface area contributed by atoms with E-state index in [0.29, 0.717) is 12.5 Å². The number of benzene rings is 1. The van der Waals surface area contributed by atoms with Gasteiger partial charge in [-0.05, 0) is 37.0 Å². The summed E-state index contributed by atoms with van der Waals surface area (Å²) in [5, 5.41) is 0. The minimum atomic E-state index is 0.581. The van der Waals surface area contributed by atoms with Crippen molar-refractivity contribution in [3.8, 4) is 5.75 Å². The van der Waals surface area contributed by atoms with E-state index < -0.39 is 0 Å². The average molecular weight is 244 g/mol. The second-order valence-electron chi connectivity index (χ2n) is 4.59. The molecule has 0 radical (unpaired) electrons. The summed E-state index contributed by atoms with van der Waals surface area (Å²) in [5.41, 5.74) is 3.55. The minimum absolute atomic E-state index is 0.581. The van der Waals surface area contributed by atoms with Crippen LogP contribution in [-0.4, -0.2) is 6.61 Å². The van der Waals surface area contributed by atoms with Crippen molar-refractivity contribution in [3.63, 3.8) is 0 Å². The number of aryl methyl sites for hydroxylation is 1. The van der Waals surface area contributed by atoms with Gasteiger partial charge >= 0.3 is 0 Å². The summed E-state index contributed by atoms with van der Waals surface area (Å²) >= 11 is 0. The van der Waals surface area contributed by atoms with Gasteiger partial charge in [0.2, 0.25) is 0 Å². The standard InChI is InChI=1S/C17H24O/c1-6-13(4)9-11-16-15(7-2)14(5)10-12-17(16)18-8-3/h7,9-13H,2,6,8H2,1,3-5H3/b11-9-. The molecule has 18 heavy (non-hydrogen) atoms. The summed E-state index contributed by atoms with van der Waals surface area (Å²) in [5.74, 6) is 1.52. The Balaban J connectivity index is 3.22. The second-order valence-corrected chi connectivity index (χ2v) is 4.59. The lowest BCUT2D eigenvalue weighted by atomic mass is 9.98. The number of hydrogen-bond donors (Lipinski definition) is 0. The summed E-state index contributed by atoms with van der Waals surface area (Å²) in [6, 6.07) is 4.13. The highest BCUT2D eigenvalue weighted by molar-refractivity contribution is 5.71. The molecule has 0 aliphatic heterocycles. The molecule has 0 bridgehead atoms. The van der Waals surface area contributed by atoms with Crippen LogP contribution in [-0.2, 0) is 0 Å². The van der Waals surface area contributed by atoms with Gasteiger partial charge in [-0.3, -0.25) is 0 Å². The average Bonchev–Trinajstić information content (AvgIpc) is 2.38. The first-order chi connectivity index (χ1) is 8.63. The fourth-order valence-electron chi connectivity index (χ4n) is 1.85. The van der Waals surface area contributed by atoms with E-state index in [1.54, 1.807) is 0 Å². The lowest BCUT2D eigenvalue weighted by Gasteiger charge is -2.13. The predicted octanol–water partition coefficient (Wildman–Crippen LogP) is 5.10. The molecule has 1 atom stereocenters. The van der Waals surface area contributed by atoms with Crippen molar-refractivity contribution in [1.29, 1.82) is 0 Å². The molecule has 98 valence electrons. The summed E-state index contributed by atoms with van der Waals surface area (Å²) in [6.07, 6.45) is 7.47. The van der Waals surface area contributed by atoms with Gasteiger partial charge in [0.05, 0.1) is 6.61 Å². The largest absolute Gasteiger partial charge is 0.493 e. The molecule has 0 saturated carbocycles. The molecule has 0 amide bonds. The van der Waals surface area contributed by atoms with Gasteiger partial charge in [0, 0.05) is 5.56 Å². The minimum Gasteiger partial charge on any atom is -0.493 e. The van der Waals surface area contributed by atoms with E-state index in [1.807, 2.05) is 19.1 Å². The normalized spacial score (nSPS) is 12.7. The zero-order valence-electron chi connectivity index (χ0n) is 12.0. The second kappa shape index (κ2) is 7.05. The molecule has 0 N–H and O–H groups in total. The van der Waals surface area contributed by atoms with Gasteiger partial charge in [0.1, 0.15) is 5.75 Å². The van der Waals surface area contributed by atoms with Gasteiger partial charge in [0.15, 0.2) is 0 Å². The van der Waals surface area contributed by atoms with Crippen LogP contribution in [0.3, 0.4) is 0 Å². The van der Waals surface area contributed by atoms with Crippen LogP contribution >= 0.6 is 0 Å². The summed E-state index contributed by atoms with van der Waals surface area (Å²) in [4.78, 5) is 0. The molecular formula is C17H24O. The molecule has 0 aliphatic carbocycles. The van der Waals surface area contributed by atoms with E-state index in [9.17, 15) is 0 Å². The Bertz CT molecular complexity index is 429. The Morgan fingerprint density at radius 3 is 2.56 bits per heavy atom. The van der Waals surface area contributed by atoms with Crippen LogP contribution in [0.1, 0.15) is 43.9 Å². The third-order valence-electron chi connectivity index (χ3n) is 3.20. The molecule has 1 unspecified atom stereocenters. The van der Waals surface area contributed by atoms with Crippen LogP contribution in [0.15, 0.2) is 24.8 Å². The van der Waals surface area contributed by atoms with Crippen LogP contribution in [0, 0.1) is 12.8 Å². The highest BCUT2D eigenvalue weighted by Gasteiger charge is 2.07. The van der Waals surface area contributed by atoms with E-state index in [-0.39, 0.29) is 0 Å². The van der Waals surface area contributed by atoms with Crippen molar-refractivity contribution in [2.75, 3.05) is 6.61 Å². The summed E-state index contributed by atoms with van der Waals surface area (Å²) in [7, 11) is 0. The van der Waals surface area contributed by atoms with Gasteiger partial charge < -0.3 is 4.74 Å². The molecular weight excluding hydrogens is 220 g/mol. The number of rotatable bonds is 6. The van der Waals surface area contributed by atoms with Gasteiger partial charge in [-0.15, -0.1) is 0 Å². The molecule has 1 rings (SSSR count). The van der Waals surface area contributed by atoms with Crippen molar-refractivity contribution in [1.82, 2.24) is 0 Å². The van der Waals surface area contributed by atoms with Crippen LogP contribution in [0.4, 0.5) is 0 Å². The van der Waals surface area contributed by atoms with Gasteiger partial charge in [-0.1, -0.05) is 51.1 Å². The first-order valence-electron chi connectivity index (χ1n) is 6.71. The maximum absolute atomic E-state index is 5.70. The van der Waals surface area contributed by atoms with Crippen LogP contribution in [0.2, 0.25) is 0 Å². The van der Waals surface area contributed by atoms with Crippen LogP contribution in [0.25, 0.3) is 12.2 Å². The van der Waals surface area contributed by atoms with Crippen LogP contribution in [0.5, 0.6) is 5.75 Å². The van der Waals surface area contributed by atoms with Crippen molar-refractivity contribution in [3.05, 3.63) is 41.5 Å². The molecule has 1 aromatic rings. The van der Waals surface area contributed by atoms with Gasteiger partial charge in [-0.2, -0.15) is 0 Å². The number of hydrogen-bond acceptors (Lipinski definition) is 1. The SMILES string of the molecule is C=Cc1c(C)ccc(OCC)c1/C=C\C(C)CC. The lowest BCUT2D eigenvalue weighted by molar-refractivity contribution is 0.339. The fraction of sp³-hybridized carbons (Fsp3) is 0.412. The molecule has 0 saturated heterocycles. The van der Waals surface area contributed by atoms with E-state index in [1.165, 1.54) is 11.1 Å². The van der Waals surface area contributed by atoms with Crippen molar-refractivity contribution in [2.24, 2.45) is 5.92 Å². The van der Waals surface area contributed by atoms with Crippen molar-refractivity contribution >= 4 is 12.2 Å². The van der Waals surface area contributed by atoms with E-state index >= 15 is 0 Å². The monoisotopic (exact) mass is 244 g/mol. The van der Waals surface area contributed by atoms with E-state index in [4.69, 9.17) is 4.74 Å². The molecule has 0 spiro atoms. The number of allylic oxidation sites excluding steroid dienone is 1. The first-order valence-corrected chi connectivity index (χ1v) is 6.71. The first kappa shape index (κ1) is 14.6. The summed E-state index contributed by atoms with van der Waals surface area (Å²) < 4.78 is 5.70. The van der Waals surface area contributed by atoms with Crippen molar-refractivity contribution in [2.45, 2.75) is 34.1 Å². The third kappa shape index (κ3) is 3.49. The number of ether oxygens (including phenoxy) is 1. The van der Waals surface area contributed by atoms with Crippen molar-refractivity contribution < 1.29 is 4.74 Å². The Kier molecular flexibility index (Phi) is 5.70. The van der Waals surface area contributed by atoms with E-state index in [2.05, 4.69) is 45.6 Å². The Labute approximate surface area is 111 Å². The fourth-order valence-corrected chi connectivity index (χ4v) is 1.85.